The molecule has 0 radical (unpaired) electrons. The van der Waals surface area contributed by atoms with Gasteiger partial charge in [-0.2, -0.15) is 0 Å². The largest absolute Gasteiger partial charge is 0.480 e. The van der Waals surface area contributed by atoms with Crippen molar-refractivity contribution in [2.75, 3.05) is 26.2 Å². The highest BCUT2D eigenvalue weighted by atomic mass is 16.4. The van der Waals surface area contributed by atoms with Gasteiger partial charge in [-0.3, -0.25) is 4.79 Å². The van der Waals surface area contributed by atoms with E-state index in [4.69, 9.17) is 5.11 Å². The first-order chi connectivity index (χ1) is 10.4. The molecule has 2 saturated heterocycles. The summed E-state index contributed by atoms with van der Waals surface area (Å²) in [6.07, 6.45) is 1.80. The number of nitrogens with one attached hydrogen (secondary N) is 1. The second-order valence-electron chi connectivity index (χ2n) is 5.87. The van der Waals surface area contributed by atoms with E-state index in [1.807, 2.05) is 0 Å². The molecule has 0 saturated carbocycles. The molecule has 2 heterocycles. The monoisotopic (exact) mass is 313 g/mol. The minimum Gasteiger partial charge on any atom is -0.480 e. The number of rotatable bonds is 6. The van der Waals surface area contributed by atoms with Gasteiger partial charge in [-0.25, -0.2) is 14.5 Å². The van der Waals surface area contributed by atoms with E-state index in [2.05, 4.69) is 10.2 Å². The molecule has 2 fully saturated rings. The molecule has 1 unspecified atom stereocenters. The van der Waals surface area contributed by atoms with Crippen LogP contribution in [0.5, 0.6) is 0 Å². The lowest BCUT2D eigenvalue weighted by Crippen LogP contribution is -2.55. The van der Waals surface area contributed by atoms with Crippen molar-refractivity contribution in [1.82, 2.24) is 15.1 Å². The molecule has 3 amide bonds. The summed E-state index contributed by atoms with van der Waals surface area (Å²) in [5.41, 5.74) is -0.963. The van der Waals surface area contributed by atoms with E-state index in [1.54, 1.807) is 6.92 Å². The van der Waals surface area contributed by atoms with Crippen LogP contribution in [0.15, 0.2) is 0 Å². The Morgan fingerprint density at radius 3 is 2.50 bits per heavy atom. The number of carboxylic acids is 1. The number of urea groups is 1. The summed E-state index contributed by atoms with van der Waals surface area (Å²) in [5, 5.41) is 20.8. The van der Waals surface area contributed by atoms with Crippen molar-refractivity contribution in [2.45, 2.75) is 44.2 Å². The van der Waals surface area contributed by atoms with Gasteiger partial charge < -0.3 is 20.4 Å². The number of carbonyl (C=O) groups excluding carboxylic acids is 2. The van der Waals surface area contributed by atoms with Gasteiger partial charge in [0.05, 0.1) is 0 Å². The average Bonchev–Trinajstić information content (AvgIpc) is 2.72. The van der Waals surface area contributed by atoms with Crippen molar-refractivity contribution in [3.8, 4) is 0 Å². The Morgan fingerprint density at radius 1 is 1.36 bits per heavy atom. The summed E-state index contributed by atoms with van der Waals surface area (Å²) in [6, 6.07) is -1.72. The number of carboxylic acid groups (broad SMARTS) is 1. The fourth-order valence-electron chi connectivity index (χ4n) is 3.18. The normalized spacial score (nSPS) is 22.9. The number of amides is 3. The molecule has 2 aliphatic heterocycles. The van der Waals surface area contributed by atoms with E-state index in [0.717, 1.165) is 11.4 Å². The highest BCUT2D eigenvalue weighted by Gasteiger charge is 2.54. The van der Waals surface area contributed by atoms with Crippen molar-refractivity contribution >= 4 is 17.9 Å². The van der Waals surface area contributed by atoms with Gasteiger partial charge in [0.25, 0.3) is 5.91 Å². The standard InChI is InChI=1S/C14H23N3O5/c1-2-10(11(19)20)17-12(21)14(15-13(17)22)4-7-16(8-5-14)6-3-9-18/h10,18H,2-9H2,1H3,(H,15,22)(H,19,20). The smallest absolute Gasteiger partial charge is 0.326 e. The van der Waals surface area contributed by atoms with Gasteiger partial charge in [0.2, 0.25) is 0 Å². The van der Waals surface area contributed by atoms with Gasteiger partial charge in [0.15, 0.2) is 0 Å². The lowest BCUT2D eigenvalue weighted by atomic mass is 9.87. The van der Waals surface area contributed by atoms with Crippen LogP contribution in [0.25, 0.3) is 0 Å². The van der Waals surface area contributed by atoms with Gasteiger partial charge in [-0.1, -0.05) is 6.92 Å². The van der Waals surface area contributed by atoms with Gasteiger partial charge >= 0.3 is 12.0 Å². The molecule has 2 rings (SSSR count). The molecular formula is C14H23N3O5. The number of imide groups is 1. The average molecular weight is 313 g/mol. The molecule has 1 atom stereocenters. The number of aliphatic hydroxyl groups is 1. The van der Waals surface area contributed by atoms with E-state index in [1.165, 1.54) is 0 Å². The zero-order valence-corrected chi connectivity index (χ0v) is 12.7. The number of hydrogen-bond acceptors (Lipinski definition) is 5. The number of hydrogen-bond donors (Lipinski definition) is 3. The zero-order valence-electron chi connectivity index (χ0n) is 12.7. The minimum absolute atomic E-state index is 0.127. The number of nitrogens with zero attached hydrogens (tertiary/aromatic N) is 2. The van der Waals surface area contributed by atoms with E-state index < -0.39 is 29.5 Å². The van der Waals surface area contributed by atoms with Gasteiger partial charge in [-0.05, 0) is 25.7 Å². The third-order valence-corrected chi connectivity index (χ3v) is 4.52. The molecule has 0 aromatic rings. The first kappa shape index (κ1) is 16.7. The molecule has 0 bridgehead atoms. The van der Waals surface area contributed by atoms with Crippen molar-refractivity contribution < 1.29 is 24.6 Å². The topological polar surface area (TPSA) is 110 Å². The summed E-state index contributed by atoms with van der Waals surface area (Å²) in [5.74, 6) is -1.59. The molecule has 124 valence electrons. The maximum Gasteiger partial charge on any atom is 0.326 e. The molecule has 22 heavy (non-hydrogen) atoms. The minimum atomic E-state index is -1.16. The molecule has 1 spiro atoms. The highest BCUT2D eigenvalue weighted by molar-refractivity contribution is 6.09. The number of aliphatic hydroxyl groups excluding tert-OH is 1. The first-order valence-corrected chi connectivity index (χ1v) is 7.67. The first-order valence-electron chi connectivity index (χ1n) is 7.67. The summed E-state index contributed by atoms with van der Waals surface area (Å²) < 4.78 is 0. The molecule has 2 aliphatic rings. The Hall–Kier alpha value is -1.67. The Balaban J connectivity index is 2.07. The fourth-order valence-corrected chi connectivity index (χ4v) is 3.18. The fraction of sp³-hybridized carbons (Fsp3) is 0.786. The van der Waals surface area contributed by atoms with Crippen LogP contribution >= 0.6 is 0 Å². The van der Waals surface area contributed by atoms with E-state index >= 15 is 0 Å². The van der Waals surface area contributed by atoms with Crippen LogP contribution in [-0.2, 0) is 9.59 Å². The quantitative estimate of drug-likeness (QED) is 0.577. The Labute approximate surface area is 129 Å². The zero-order chi connectivity index (χ0) is 16.3. The van der Waals surface area contributed by atoms with Gasteiger partial charge in [0.1, 0.15) is 11.6 Å². The summed E-state index contributed by atoms with van der Waals surface area (Å²) >= 11 is 0. The lowest BCUT2D eigenvalue weighted by molar-refractivity contribution is -0.148. The molecule has 8 heteroatoms. The molecule has 0 aliphatic carbocycles. The summed E-state index contributed by atoms with van der Waals surface area (Å²) in [7, 11) is 0. The second kappa shape index (κ2) is 6.62. The Bertz CT molecular complexity index is 459. The molecule has 3 N–H and O–H groups in total. The third kappa shape index (κ3) is 2.93. The van der Waals surface area contributed by atoms with Crippen LogP contribution < -0.4 is 5.32 Å². The maximum atomic E-state index is 12.6. The number of piperidine rings is 1. The van der Waals surface area contributed by atoms with Crippen LogP contribution in [0.2, 0.25) is 0 Å². The lowest BCUT2D eigenvalue weighted by Gasteiger charge is -2.37. The van der Waals surface area contributed by atoms with E-state index in [9.17, 15) is 19.5 Å². The SMILES string of the molecule is CCC(C(=O)O)N1C(=O)NC2(CCN(CCCO)CC2)C1=O. The van der Waals surface area contributed by atoms with Crippen molar-refractivity contribution in [2.24, 2.45) is 0 Å². The van der Waals surface area contributed by atoms with Crippen molar-refractivity contribution in [1.29, 1.82) is 0 Å². The maximum absolute atomic E-state index is 12.6. The number of likely N-dealkylation sites (tertiary alicyclic amines) is 1. The number of carbonyl (C=O) groups is 3. The van der Waals surface area contributed by atoms with Gasteiger partial charge in [0, 0.05) is 26.2 Å². The van der Waals surface area contributed by atoms with Crippen LogP contribution in [0, 0.1) is 0 Å². The van der Waals surface area contributed by atoms with Crippen LogP contribution in [0.1, 0.15) is 32.6 Å². The summed E-state index contributed by atoms with van der Waals surface area (Å²) in [4.78, 5) is 39.0. The molecule has 0 aromatic carbocycles. The van der Waals surface area contributed by atoms with E-state index in [-0.39, 0.29) is 13.0 Å². The predicted molar refractivity (Wildman–Crippen MR) is 77.2 cm³/mol. The van der Waals surface area contributed by atoms with Crippen molar-refractivity contribution in [3.63, 3.8) is 0 Å². The molecule has 0 aromatic heterocycles. The molecule has 8 nitrogen and oxygen atoms in total. The Kier molecular flexibility index (Phi) is 5.02. The molecular weight excluding hydrogens is 290 g/mol. The highest BCUT2D eigenvalue weighted by Crippen LogP contribution is 2.31. The third-order valence-electron chi connectivity index (χ3n) is 4.52. The van der Waals surface area contributed by atoms with E-state index in [0.29, 0.717) is 32.4 Å². The second-order valence-corrected chi connectivity index (χ2v) is 5.87. The van der Waals surface area contributed by atoms with Crippen LogP contribution in [-0.4, -0.2) is 75.7 Å². The summed E-state index contributed by atoms with van der Waals surface area (Å²) in [6.45, 7) is 3.81. The van der Waals surface area contributed by atoms with Crippen LogP contribution in [0.3, 0.4) is 0 Å². The van der Waals surface area contributed by atoms with Crippen LogP contribution in [0.4, 0.5) is 4.79 Å². The Morgan fingerprint density at radius 2 is 2.00 bits per heavy atom. The van der Waals surface area contributed by atoms with Gasteiger partial charge in [-0.15, -0.1) is 0 Å². The number of aliphatic carboxylic acids is 1. The predicted octanol–water partition coefficient (Wildman–Crippen LogP) is -0.382. The van der Waals surface area contributed by atoms with Crippen molar-refractivity contribution in [3.05, 3.63) is 0 Å².